The van der Waals surface area contributed by atoms with Gasteiger partial charge in [-0.1, -0.05) is 20.8 Å². The largest absolute Gasteiger partial charge is 0.353 e. The summed E-state index contributed by atoms with van der Waals surface area (Å²) in [4.78, 5) is 0. The molecule has 0 amide bonds. The molecule has 0 heterocycles. The molecule has 0 bridgehead atoms. The molecule has 0 aliphatic carbocycles. The van der Waals surface area contributed by atoms with Crippen LogP contribution in [0.1, 0.15) is 40.5 Å². The lowest BCUT2D eigenvalue weighted by molar-refractivity contribution is -0.147. The molecule has 0 aliphatic heterocycles. The maximum Gasteiger partial charge on any atom is 0.157 e. The van der Waals surface area contributed by atoms with Crippen LogP contribution in [0.5, 0.6) is 0 Å². The van der Waals surface area contributed by atoms with Crippen molar-refractivity contribution >= 4 is 0 Å². The molecule has 1 atom stereocenters. The third-order valence-corrected chi connectivity index (χ3v) is 1.52. The van der Waals surface area contributed by atoms with Gasteiger partial charge in [-0.3, -0.25) is 0 Å². The van der Waals surface area contributed by atoms with E-state index in [1.807, 2.05) is 6.92 Å². The molecule has 0 spiro atoms. The van der Waals surface area contributed by atoms with Crippen LogP contribution in [-0.4, -0.2) is 19.5 Å². The van der Waals surface area contributed by atoms with Crippen molar-refractivity contribution in [2.24, 2.45) is 5.92 Å². The van der Waals surface area contributed by atoms with Gasteiger partial charge in [0.05, 0.1) is 0 Å². The number of rotatable bonds is 7. The molecular formula is C10H22O2. The fourth-order valence-corrected chi connectivity index (χ4v) is 1.00. The van der Waals surface area contributed by atoms with Gasteiger partial charge in [-0.15, -0.1) is 0 Å². The first-order valence-corrected chi connectivity index (χ1v) is 4.93. The van der Waals surface area contributed by atoms with Crippen LogP contribution in [-0.2, 0) is 9.47 Å². The quantitative estimate of drug-likeness (QED) is 0.552. The Balaban J connectivity index is 3.54. The second kappa shape index (κ2) is 7.56. The Kier molecular flexibility index (Phi) is 7.51. The average Bonchev–Trinajstić information content (AvgIpc) is 2.00. The summed E-state index contributed by atoms with van der Waals surface area (Å²) in [6, 6.07) is 0. The SMILES string of the molecule is CCCOC(CC(C)C)OCC. The number of hydrogen-bond acceptors (Lipinski definition) is 2. The Morgan fingerprint density at radius 3 is 2.17 bits per heavy atom. The summed E-state index contributed by atoms with van der Waals surface area (Å²) in [6.45, 7) is 10.0. The highest BCUT2D eigenvalue weighted by molar-refractivity contribution is 4.50. The second-order valence-electron chi connectivity index (χ2n) is 3.39. The Morgan fingerprint density at radius 2 is 1.75 bits per heavy atom. The maximum atomic E-state index is 5.52. The highest BCUT2D eigenvalue weighted by Gasteiger charge is 2.09. The minimum Gasteiger partial charge on any atom is -0.353 e. The standard InChI is InChI=1S/C10H22O2/c1-5-7-12-10(11-6-2)8-9(3)4/h9-10H,5-8H2,1-4H3. The third-order valence-electron chi connectivity index (χ3n) is 1.52. The highest BCUT2D eigenvalue weighted by Crippen LogP contribution is 2.09. The average molecular weight is 174 g/mol. The zero-order valence-electron chi connectivity index (χ0n) is 8.80. The van der Waals surface area contributed by atoms with Gasteiger partial charge in [-0.25, -0.2) is 0 Å². The summed E-state index contributed by atoms with van der Waals surface area (Å²) in [5, 5.41) is 0. The maximum absolute atomic E-state index is 5.52. The third kappa shape index (κ3) is 6.62. The van der Waals surface area contributed by atoms with Crippen LogP contribution >= 0.6 is 0 Å². The molecule has 2 nitrogen and oxygen atoms in total. The molecule has 0 aliphatic rings. The molecule has 0 saturated heterocycles. The van der Waals surface area contributed by atoms with E-state index >= 15 is 0 Å². The predicted octanol–water partition coefficient (Wildman–Crippen LogP) is 2.82. The van der Waals surface area contributed by atoms with Crippen molar-refractivity contribution in [2.45, 2.75) is 46.8 Å². The summed E-state index contributed by atoms with van der Waals surface area (Å²) in [5.74, 6) is 0.637. The van der Waals surface area contributed by atoms with Crippen LogP contribution in [0.4, 0.5) is 0 Å². The van der Waals surface area contributed by atoms with Crippen LogP contribution in [0.25, 0.3) is 0 Å². The first-order valence-electron chi connectivity index (χ1n) is 4.93. The molecule has 0 aromatic heterocycles. The monoisotopic (exact) mass is 174 g/mol. The van der Waals surface area contributed by atoms with Crippen LogP contribution in [0.2, 0.25) is 0 Å². The zero-order valence-corrected chi connectivity index (χ0v) is 8.80. The van der Waals surface area contributed by atoms with Crippen molar-refractivity contribution in [1.29, 1.82) is 0 Å². The van der Waals surface area contributed by atoms with E-state index < -0.39 is 0 Å². The molecular weight excluding hydrogens is 152 g/mol. The fourth-order valence-electron chi connectivity index (χ4n) is 1.00. The van der Waals surface area contributed by atoms with Gasteiger partial charge in [-0.2, -0.15) is 0 Å². The predicted molar refractivity (Wildman–Crippen MR) is 51.1 cm³/mol. The smallest absolute Gasteiger partial charge is 0.157 e. The van der Waals surface area contributed by atoms with Crippen molar-refractivity contribution in [3.8, 4) is 0 Å². The second-order valence-corrected chi connectivity index (χ2v) is 3.39. The molecule has 0 saturated carbocycles. The van der Waals surface area contributed by atoms with Gasteiger partial charge >= 0.3 is 0 Å². The van der Waals surface area contributed by atoms with Crippen molar-refractivity contribution in [1.82, 2.24) is 0 Å². The molecule has 2 heteroatoms. The van der Waals surface area contributed by atoms with E-state index in [1.165, 1.54) is 0 Å². The van der Waals surface area contributed by atoms with Gasteiger partial charge < -0.3 is 9.47 Å². The number of ether oxygens (including phenoxy) is 2. The highest BCUT2D eigenvalue weighted by atomic mass is 16.7. The van der Waals surface area contributed by atoms with Crippen LogP contribution in [0, 0.1) is 5.92 Å². The van der Waals surface area contributed by atoms with Crippen molar-refractivity contribution < 1.29 is 9.47 Å². The van der Waals surface area contributed by atoms with E-state index in [9.17, 15) is 0 Å². The van der Waals surface area contributed by atoms with E-state index in [1.54, 1.807) is 0 Å². The van der Waals surface area contributed by atoms with Gasteiger partial charge in [0, 0.05) is 19.6 Å². The molecule has 0 N–H and O–H groups in total. The lowest BCUT2D eigenvalue weighted by Crippen LogP contribution is -2.19. The summed E-state index contributed by atoms with van der Waals surface area (Å²) in [7, 11) is 0. The van der Waals surface area contributed by atoms with Gasteiger partial charge in [0.1, 0.15) is 0 Å². The number of hydrogen-bond donors (Lipinski definition) is 0. The molecule has 74 valence electrons. The van der Waals surface area contributed by atoms with Crippen LogP contribution in [0.15, 0.2) is 0 Å². The lowest BCUT2D eigenvalue weighted by Gasteiger charge is -2.19. The molecule has 0 aromatic rings. The Morgan fingerprint density at radius 1 is 1.08 bits per heavy atom. The molecule has 1 unspecified atom stereocenters. The molecule has 0 fully saturated rings. The first-order chi connectivity index (χ1) is 5.70. The van der Waals surface area contributed by atoms with E-state index in [-0.39, 0.29) is 6.29 Å². The summed E-state index contributed by atoms with van der Waals surface area (Å²) < 4.78 is 11.0. The van der Waals surface area contributed by atoms with Gasteiger partial charge in [0.25, 0.3) is 0 Å². The minimum absolute atomic E-state index is 0.00921. The van der Waals surface area contributed by atoms with Gasteiger partial charge in [-0.05, 0) is 19.3 Å². The van der Waals surface area contributed by atoms with Crippen LogP contribution < -0.4 is 0 Å². The van der Waals surface area contributed by atoms with E-state index in [4.69, 9.17) is 9.47 Å². The topological polar surface area (TPSA) is 18.5 Å². The van der Waals surface area contributed by atoms with E-state index in [0.717, 1.165) is 26.1 Å². The fraction of sp³-hybridized carbons (Fsp3) is 1.00. The normalized spacial score (nSPS) is 13.8. The van der Waals surface area contributed by atoms with Gasteiger partial charge in [0.15, 0.2) is 6.29 Å². The molecule has 0 aromatic carbocycles. The first kappa shape index (κ1) is 11.9. The zero-order chi connectivity index (χ0) is 9.40. The Labute approximate surface area is 76.3 Å². The van der Waals surface area contributed by atoms with Crippen LogP contribution in [0.3, 0.4) is 0 Å². The van der Waals surface area contributed by atoms with Crippen molar-refractivity contribution in [3.63, 3.8) is 0 Å². The summed E-state index contributed by atoms with van der Waals surface area (Å²) in [6.07, 6.45) is 2.06. The van der Waals surface area contributed by atoms with E-state index in [2.05, 4.69) is 20.8 Å². The minimum atomic E-state index is 0.00921. The lowest BCUT2D eigenvalue weighted by atomic mass is 10.1. The van der Waals surface area contributed by atoms with E-state index in [0.29, 0.717) is 5.92 Å². The Bertz CT molecular complexity index is 91.8. The molecule has 0 rings (SSSR count). The van der Waals surface area contributed by atoms with Gasteiger partial charge in [0.2, 0.25) is 0 Å². The Hall–Kier alpha value is -0.0800. The van der Waals surface area contributed by atoms with Crippen molar-refractivity contribution in [3.05, 3.63) is 0 Å². The summed E-state index contributed by atoms with van der Waals surface area (Å²) in [5.41, 5.74) is 0. The molecule has 12 heavy (non-hydrogen) atoms. The summed E-state index contributed by atoms with van der Waals surface area (Å²) >= 11 is 0. The molecule has 0 radical (unpaired) electrons. The van der Waals surface area contributed by atoms with Crippen molar-refractivity contribution in [2.75, 3.05) is 13.2 Å².